The first-order chi connectivity index (χ1) is 8.15. The van der Waals surface area contributed by atoms with Crippen LogP contribution < -0.4 is 11.2 Å². The molecule has 0 saturated carbocycles. The first-order valence-electron chi connectivity index (χ1n) is 5.37. The van der Waals surface area contributed by atoms with Crippen LogP contribution in [0, 0.1) is 24.2 Å². The Morgan fingerprint density at radius 2 is 2.06 bits per heavy atom. The number of terminal acetylenes is 1. The Labute approximate surface area is 99.7 Å². The number of hydrogen-bond donors (Lipinski definition) is 1. The van der Waals surface area contributed by atoms with Gasteiger partial charge in [0.2, 0.25) is 0 Å². The minimum absolute atomic E-state index is 0.309. The third kappa shape index (κ3) is 4.04. The number of aryl methyl sites for hydroxylation is 1. The van der Waals surface area contributed by atoms with E-state index >= 15 is 0 Å². The van der Waals surface area contributed by atoms with E-state index < -0.39 is 11.2 Å². The van der Waals surface area contributed by atoms with Crippen molar-refractivity contribution in [3.8, 4) is 24.2 Å². The van der Waals surface area contributed by atoms with E-state index in [1.165, 1.54) is 10.8 Å². The monoisotopic (exact) mass is 230 g/mol. The molecule has 0 bridgehead atoms. The maximum absolute atomic E-state index is 11.4. The van der Waals surface area contributed by atoms with Gasteiger partial charge in [-0.15, -0.1) is 12.3 Å². The number of aromatic nitrogens is 2. The predicted molar refractivity (Wildman–Crippen MR) is 66.5 cm³/mol. The van der Waals surface area contributed by atoms with Gasteiger partial charge >= 0.3 is 5.69 Å². The fourth-order valence-electron chi connectivity index (χ4n) is 1.25. The molecule has 1 aromatic rings. The van der Waals surface area contributed by atoms with Crippen molar-refractivity contribution in [2.45, 2.75) is 25.7 Å². The number of nitrogens with zero attached hydrogens (tertiary/aromatic N) is 1. The van der Waals surface area contributed by atoms with Gasteiger partial charge in [0.25, 0.3) is 5.56 Å². The molecule has 0 amide bonds. The van der Waals surface area contributed by atoms with E-state index in [0.29, 0.717) is 12.0 Å². The molecule has 17 heavy (non-hydrogen) atoms. The van der Waals surface area contributed by atoms with E-state index in [2.05, 4.69) is 22.7 Å². The summed E-state index contributed by atoms with van der Waals surface area (Å²) in [5.41, 5.74) is -0.567. The summed E-state index contributed by atoms with van der Waals surface area (Å²) >= 11 is 0. The molecule has 0 atom stereocenters. The molecule has 0 aromatic carbocycles. The van der Waals surface area contributed by atoms with E-state index in [0.717, 1.165) is 19.3 Å². The van der Waals surface area contributed by atoms with Gasteiger partial charge in [0.15, 0.2) is 0 Å². The van der Waals surface area contributed by atoms with Gasteiger partial charge in [-0.2, -0.15) is 0 Å². The number of unbranched alkanes of at least 4 members (excludes halogenated alkanes) is 3. The Hall–Kier alpha value is -2.20. The smallest absolute Gasteiger partial charge is 0.302 e. The summed E-state index contributed by atoms with van der Waals surface area (Å²) in [4.78, 5) is 24.6. The second-order valence-corrected chi connectivity index (χ2v) is 3.63. The zero-order valence-electron chi connectivity index (χ0n) is 9.75. The molecule has 1 aromatic heterocycles. The van der Waals surface area contributed by atoms with Crippen molar-refractivity contribution in [3.05, 3.63) is 32.6 Å². The number of H-pyrrole nitrogens is 1. The van der Waals surface area contributed by atoms with E-state index in [4.69, 9.17) is 6.42 Å². The van der Waals surface area contributed by atoms with Crippen molar-refractivity contribution in [1.82, 2.24) is 9.55 Å². The number of aromatic amines is 1. The van der Waals surface area contributed by atoms with Gasteiger partial charge in [-0.05, 0) is 12.8 Å². The summed E-state index contributed by atoms with van der Waals surface area (Å²) in [6.07, 6.45) is 9.87. The molecule has 0 aliphatic carbocycles. The van der Waals surface area contributed by atoms with Crippen LogP contribution >= 0.6 is 0 Å². The predicted octanol–water partition coefficient (Wildman–Crippen LogP) is 0.619. The molecule has 88 valence electrons. The number of nitrogens with one attached hydrogen (secondary N) is 1. The van der Waals surface area contributed by atoms with Crippen LogP contribution in [-0.4, -0.2) is 9.55 Å². The summed E-state index contributed by atoms with van der Waals surface area (Å²) in [5, 5.41) is 0. The first kappa shape index (κ1) is 12.9. The van der Waals surface area contributed by atoms with Crippen LogP contribution in [0.2, 0.25) is 0 Å². The Morgan fingerprint density at radius 3 is 2.76 bits per heavy atom. The van der Waals surface area contributed by atoms with Crippen LogP contribution in [0.5, 0.6) is 0 Å². The van der Waals surface area contributed by atoms with E-state index in [-0.39, 0.29) is 0 Å². The van der Waals surface area contributed by atoms with Crippen molar-refractivity contribution >= 4 is 0 Å². The maximum Gasteiger partial charge on any atom is 0.328 e. The summed E-state index contributed by atoms with van der Waals surface area (Å²) in [6.45, 7) is 0. The van der Waals surface area contributed by atoms with Gasteiger partial charge in [-0.1, -0.05) is 11.8 Å². The lowest BCUT2D eigenvalue weighted by molar-refractivity contribution is 0.782. The number of rotatable bonds is 3. The van der Waals surface area contributed by atoms with Crippen molar-refractivity contribution in [2.24, 2.45) is 7.05 Å². The lowest BCUT2D eigenvalue weighted by Gasteiger charge is -1.95. The van der Waals surface area contributed by atoms with Crippen molar-refractivity contribution < 1.29 is 0 Å². The third-order valence-electron chi connectivity index (χ3n) is 2.20. The zero-order valence-corrected chi connectivity index (χ0v) is 9.75. The van der Waals surface area contributed by atoms with Crippen LogP contribution in [0.3, 0.4) is 0 Å². The molecule has 0 fully saturated rings. The van der Waals surface area contributed by atoms with Crippen LogP contribution in [0.25, 0.3) is 0 Å². The highest BCUT2D eigenvalue weighted by molar-refractivity contribution is 5.29. The zero-order chi connectivity index (χ0) is 12.7. The SMILES string of the molecule is C#CCCCCC#Cc1cn(C)c(=O)[nH]c1=O. The minimum Gasteiger partial charge on any atom is -0.302 e. The van der Waals surface area contributed by atoms with E-state index in [1.54, 1.807) is 7.05 Å². The van der Waals surface area contributed by atoms with Crippen LogP contribution in [0.15, 0.2) is 15.8 Å². The Morgan fingerprint density at radius 1 is 1.35 bits per heavy atom. The maximum atomic E-state index is 11.4. The average Bonchev–Trinajstić information content (AvgIpc) is 2.30. The molecule has 1 heterocycles. The molecule has 0 aliphatic heterocycles. The van der Waals surface area contributed by atoms with E-state index in [1.807, 2.05) is 0 Å². The lowest BCUT2D eigenvalue weighted by Crippen LogP contribution is -2.29. The van der Waals surface area contributed by atoms with Crippen LogP contribution in [0.1, 0.15) is 31.2 Å². The summed E-state index contributed by atoms with van der Waals surface area (Å²) in [6, 6.07) is 0. The van der Waals surface area contributed by atoms with Gasteiger partial charge in [0, 0.05) is 26.1 Å². The van der Waals surface area contributed by atoms with Crippen LogP contribution in [-0.2, 0) is 7.05 Å². The molecule has 0 spiro atoms. The minimum atomic E-state index is -0.441. The first-order valence-corrected chi connectivity index (χ1v) is 5.37. The molecule has 0 saturated heterocycles. The molecular formula is C13H14N2O2. The molecule has 1 N–H and O–H groups in total. The second kappa shape index (κ2) is 6.40. The van der Waals surface area contributed by atoms with Gasteiger partial charge in [0.1, 0.15) is 5.56 Å². The largest absolute Gasteiger partial charge is 0.328 e. The average molecular weight is 230 g/mol. The number of hydrogen-bond acceptors (Lipinski definition) is 2. The van der Waals surface area contributed by atoms with Crippen molar-refractivity contribution in [1.29, 1.82) is 0 Å². The summed E-state index contributed by atoms with van der Waals surface area (Å²) in [5.74, 6) is 8.20. The molecule has 0 unspecified atom stereocenters. The normalized spacial score (nSPS) is 9.18. The van der Waals surface area contributed by atoms with Gasteiger partial charge in [-0.3, -0.25) is 9.78 Å². The fourth-order valence-corrected chi connectivity index (χ4v) is 1.25. The molecule has 0 aliphatic rings. The Bertz CT molecular complexity index is 591. The van der Waals surface area contributed by atoms with Crippen molar-refractivity contribution in [3.63, 3.8) is 0 Å². The van der Waals surface area contributed by atoms with Crippen molar-refractivity contribution in [2.75, 3.05) is 0 Å². The lowest BCUT2D eigenvalue weighted by atomic mass is 10.2. The molecule has 4 heteroatoms. The molecule has 0 radical (unpaired) electrons. The highest BCUT2D eigenvalue weighted by Crippen LogP contribution is 1.97. The second-order valence-electron chi connectivity index (χ2n) is 3.63. The standard InChI is InChI=1S/C13H14N2O2/c1-3-4-5-6-7-8-9-11-10-15(2)13(17)14-12(11)16/h1,10H,4-7H2,2H3,(H,14,16,17). The highest BCUT2D eigenvalue weighted by atomic mass is 16.2. The third-order valence-corrected chi connectivity index (χ3v) is 2.20. The quantitative estimate of drug-likeness (QED) is 0.611. The van der Waals surface area contributed by atoms with E-state index in [9.17, 15) is 9.59 Å². The summed E-state index contributed by atoms with van der Waals surface area (Å²) in [7, 11) is 1.57. The molecule has 1 rings (SSSR count). The van der Waals surface area contributed by atoms with Gasteiger partial charge in [-0.25, -0.2) is 4.79 Å². The Kier molecular flexibility index (Phi) is 4.84. The fraction of sp³-hybridized carbons (Fsp3) is 0.385. The van der Waals surface area contributed by atoms with Gasteiger partial charge < -0.3 is 4.57 Å². The van der Waals surface area contributed by atoms with Crippen LogP contribution in [0.4, 0.5) is 0 Å². The molecular weight excluding hydrogens is 216 g/mol. The summed E-state index contributed by atoms with van der Waals surface area (Å²) < 4.78 is 1.30. The topological polar surface area (TPSA) is 54.9 Å². The molecule has 4 nitrogen and oxygen atoms in total. The van der Waals surface area contributed by atoms with Gasteiger partial charge in [0.05, 0.1) is 0 Å². The Balaban J connectivity index is 2.67. The highest BCUT2D eigenvalue weighted by Gasteiger charge is 1.97.